The summed E-state index contributed by atoms with van der Waals surface area (Å²) < 4.78 is 14.7. The van der Waals surface area contributed by atoms with Crippen molar-refractivity contribution in [3.8, 4) is 5.69 Å². The van der Waals surface area contributed by atoms with E-state index in [-0.39, 0.29) is 29.3 Å². The molecule has 0 unspecified atom stereocenters. The number of hydrogen-bond acceptors (Lipinski definition) is 8. The summed E-state index contributed by atoms with van der Waals surface area (Å²) in [5, 5.41) is 14.3. The number of rotatable bonds is 9. The molecule has 0 radical (unpaired) electrons. The topological polar surface area (TPSA) is 150 Å². The molecule has 0 saturated carbocycles. The maximum absolute atomic E-state index is 14.7. The van der Waals surface area contributed by atoms with Gasteiger partial charge in [0.15, 0.2) is 11.6 Å². The SMILES string of the molecule is CCC[C@@H](Nc1nc(Nc2cnc(C)c(-n3nccn3)c2)c(C(N)=O)cc1F)[C@H](C)N. The lowest BCUT2D eigenvalue weighted by atomic mass is 10.1. The molecule has 3 heterocycles. The van der Waals surface area contributed by atoms with Crippen LogP contribution >= 0.6 is 0 Å². The molecule has 0 aromatic carbocycles. The summed E-state index contributed by atoms with van der Waals surface area (Å²) in [5.74, 6) is -1.42. The minimum Gasteiger partial charge on any atom is -0.365 e. The van der Waals surface area contributed by atoms with Crippen LogP contribution in [0.25, 0.3) is 5.69 Å². The number of anilines is 3. The van der Waals surface area contributed by atoms with Gasteiger partial charge in [0.1, 0.15) is 11.5 Å². The van der Waals surface area contributed by atoms with E-state index in [1.807, 2.05) is 20.8 Å². The second-order valence-electron chi connectivity index (χ2n) is 7.25. The quantitative estimate of drug-likeness (QED) is 0.406. The molecule has 31 heavy (non-hydrogen) atoms. The van der Waals surface area contributed by atoms with Crippen LogP contribution in [-0.2, 0) is 0 Å². The molecule has 3 aromatic heterocycles. The third-order valence-electron chi connectivity index (χ3n) is 4.76. The highest BCUT2D eigenvalue weighted by atomic mass is 19.1. The molecule has 6 N–H and O–H groups in total. The van der Waals surface area contributed by atoms with Gasteiger partial charge in [-0.2, -0.15) is 10.2 Å². The molecule has 0 spiro atoms. The Labute approximate surface area is 179 Å². The molecule has 3 aromatic rings. The number of amides is 1. The standard InChI is InChI=1S/C20H26FN9O/c1-4-5-16(11(2)22)28-20-15(21)9-14(18(23)31)19(29-20)27-13-8-17(12(3)24-10-13)30-25-6-7-26-30/h6-11,16H,4-5,22H2,1-3H3,(H2,23,31)(H2,27,28,29)/t11-,16+/m0/s1. The molecule has 0 bridgehead atoms. The molecule has 11 heteroatoms. The summed E-state index contributed by atoms with van der Waals surface area (Å²) in [4.78, 5) is 22.0. The fourth-order valence-corrected chi connectivity index (χ4v) is 3.10. The Hall–Kier alpha value is -3.60. The molecule has 10 nitrogen and oxygen atoms in total. The molecular formula is C20H26FN9O. The molecule has 164 valence electrons. The zero-order chi connectivity index (χ0) is 22.5. The molecule has 0 aliphatic heterocycles. The van der Waals surface area contributed by atoms with Crippen molar-refractivity contribution < 1.29 is 9.18 Å². The number of carbonyl (C=O) groups is 1. The number of nitrogens with two attached hydrogens (primary N) is 2. The number of aromatic nitrogens is 5. The highest BCUT2D eigenvalue weighted by molar-refractivity contribution is 5.98. The van der Waals surface area contributed by atoms with Crippen molar-refractivity contribution in [2.75, 3.05) is 10.6 Å². The first-order valence-electron chi connectivity index (χ1n) is 9.93. The Bertz CT molecular complexity index is 1050. The Morgan fingerprint density at radius 1 is 1.26 bits per heavy atom. The third kappa shape index (κ3) is 5.12. The number of carbonyl (C=O) groups excluding carboxylic acids is 1. The highest BCUT2D eigenvalue weighted by Crippen LogP contribution is 2.26. The normalized spacial score (nSPS) is 12.9. The fraction of sp³-hybridized carbons (Fsp3) is 0.350. The van der Waals surface area contributed by atoms with Crippen LogP contribution in [0.3, 0.4) is 0 Å². The van der Waals surface area contributed by atoms with Crippen LogP contribution in [0.1, 0.15) is 42.7 Å². The number of hydrogen-bond donors (Lipinski definition) is 4. The van der Waals surface area contributed by atoms with Crippen LogP contribution in [0, 0.1) is 12.7 Å². The largest absolute Gasteiger partial charge is 0.365 e. The zero-order valence-corrected chi connectivity index (χ0v) is 17.6. The Balaban J connectivity index is 1.98. The average Bonchev–Trinajstić information content (AvgIpc) is 3.25. The third-order valence-corrected chi connectivity index (χ3v) is 4.76. The van der Waals surface area contributed by atoms with Crippen molar-refractivity contribution in [1.29, 1.82) is 0 Å². The fourth-order valence-electron chi connectivity index (χ4n) is 3.10. The molecule has 0 saturated heterocycles. The van der Waals surface area contributed by atoms with E-state index in [1.54, 1.807) is 24.7 Å². The Morgan fingerprint density at radius 3 is 2.58 bits per heavy atom. The Morgan fingerprint density at radius 2 is 1.97 bits per heavy atom. The number of halogens is 1. The lowest BCUT2D eigenvalue weighted by Gasteiger charge is -2.23. The van der Waals surface area contributed by atoms with Gasteiger partial charge in [0.25, 0.3) is 5.91 Å². The number of pyridine rings is 2. The van der Waals surface area contributed by atoms with E-state index in [4.69, 9.17) is 11.5 Å². The summed E-state index contributed by atoms with van der Waals surface area (Å²) in [6.45, 7) is 5.67. The van der Waals surface area contributed by atoms with E-state index in [9.17, 15) is 9.18 Å². The van der Waals surface area contributed by atoms with E-state index in [2.05, 4.69) is 30.8 Å². The number of aryl methyl sites for hydroxylation is 1. The Kier molecular flexibility index (Phi) is 6.75. The van der Waals surface area contributed by atoms with Crippen molar-refractivity contribution in [2.24, 2.45) is 11.5 Å². The molecule has 2 atom stereocenters. The van der Waals surface area contributed by atoms with Gasteiger partial charge in [-0.25, -0.2) is 9.37 Å². The van der Waals surface area contributed by atoms with Gasteiger partial charge < -0.3 is 22.1 Å². The smallest absolute Gasteiger partial charge is 0.252 e. The van der Waals surface area contributed by atoms with Crippen LogP contribution < -0.4 is 22.1 Å². The molecule has 1 amide bonds. The van der Waals surface area contributed by atoms with Gasteiger partial charge in [-0.05, 0) is 32.4 Å². The number of nitrogens with zero attached hydrogens (tertiary/aromatic N) is 5. The molecule has 0 aliphatic rings. The summed E-state index contributed by atoms with van der Waals surface area (Å²) in [5.41, 5.74) is 13.2. The number of nitrogens with one attached hydrogen (secondary N) is 2. The maximum atomic E-state index is 14.7. The second kappa shape index (κ2) is 9.47. The predicted octanol–water partition coefficient (Wildman–Crippen LogP) is 2.28. The van der Waals surface area contributed by atoms with E-state index in [0.717, 1.165) is 18.9 Å². The van der Waals surface area contributed by atoms with Crippen molar-refractivity contribution >= 4 is 23.2 Å². The molecule has 3 rings (SSSR count). The van der Waals surface area contributed by atoms with Gasteiger partial charge in [0, 0.05) is 12.1 Å². The first-order valence-corrected chi connectivity index (χ1v) is 9.93. The van der Waals surface area contributed by atoms with Crippen molar-refractivity contribution in [2.45, 2.75) is 45.7 Å². The van der Waals surface area contributed by atoms with Crippen LogP contribution in [0.5, 0.6) is 0 Å². The van der Waals surface area contributed by atoms with Gasteiger partial charge in [0.2, 0.25) is 0 Å². The van der Waals surface area contributed by atoms with E-state index < -0.39 is 11.7 Å². The van der Waals surface area contributed by atoms with E-state index in [0.29, 0.717) is 17.1 Å². The lowest BCUT2D eigenvalue weighted by Crippen LogP contribution is -2.38. The van der Waals surface area contributed by atoms with Crippen LogP contribution in [0.15, 0.2) is 30.7 Å². The van der Waals surface area contributed by atoms with Gasteiger partial charge >= 0.3 is 0 Å². The zero-order valence-electron chi connectivity index (χ0n) is 17.6. The first kappa shape index (κ1) is 22.1. The van der Waals surface area contributed by atoms with Gasteiger partial charge in [-0.3, -0.25) is 9.78 Å². The maximum Gasteiger partial charge on any atom is 0.252 e. The average molecular weight is 427 g/mol. The summed E-state index contributed by atoms with van der Waals surface area (Å²) in [6, 6.07) is 2.39. The summed E-state index contributed by atoms with van der Waals surface area (Å²) in [6.07, 6.45) is 6.27. The van der Waals surface area contributed by atoms with Crippen LogP contribution in [0.2, 0.25) is 0 Å². The minimum atomic E-state index is -0.813. The summed E-state index contributed by atoms with van der Waals surface area (Å²) in [7, 11) is 0. The highest BCUT2D eigenvalue weighted by Gasteiger charge is 2.20. The van der Waals surface area contributed by atoms with Crippen LogP contribution in [-0.4, -0.2) is 43.0 Å². The van der Waals surface area contributed by atoms with E-state index in [1.165, 1.54) is 4.80 Å². The summed E-state index contributed by atoms with van der Waals surface area (Å²) >= 11 is 0. The lowest BCUT2D eigenvalue weighted by molar-refractivity contribution is 0.100. The van der Waals surface area contributed by atoms with Crippen LogP contribution in [0.4, 0.5) is 21.7 Å². The van der Waals surface area contributed by atoms with Crippen molar-refractivity contribution in [1.82, 2.24) is 25.0 Å². The predicted molar refractivity (Wildman–Crippen MR) is 116 cm³/mol. The number of primary amides is 1. The van der Waals surface area contributed by atoms with E-state index >= 15 is 0 Å². The van der Waals surface area contributed by atoms with Crippen molar-refractivity contribution in [3.05, 3.63) is 47.8 Å². The molecule has 0 aliphatic carbocycles. The van der Waals surface area contributed by atoms with Crippen molar-refractivity contribution in [3.63, 3.8) is 0 Å². The first-order chi connectivity index (χ1) is 14.8. The molecular weight excluding hydrogens is 401 g/mol. The van der Waals surface area contributed by atoms with Gasteiger partial charge in [-0.1, -0.05) is 13.3 Å². The monoisotopic (exact) mass is 427 g/mol. The second-order valence-corrected chi connectivity index (χ2v) is 7.25. The molecule has 0 fully saturated rings. The van der Waals surface area contributed by atoms with Gasteiger partial charge in [-0.15, -0.1) is 4.80 Å². The van der Waals surface area contributed by atoms with Gasteiger partial charge in [0.05, 0.1) is 35.5 Å². The minimum absolute atomic E-state index is 0.0164.